The number of benzene rings is 2. The highest BCUT2D eigenvalue weighted by atomic mass is 19.2. The van der Waals surface area contributed by atoms with Crippen LogP contribution < -0.4 is 20.5 Å². The van der Waals surface area contributed by atoms with Gasteiger partial charge < -0.3 is 34.7 Å². The van der Waals surface area contributed by atoms with Crippen molar-refractivity contribution in [1.29, 1.82) is 0 Å². The van der Waals surface area contributed by atoms with Crippen LogP contribution in [0.3, 0.4) is 0 Å². The first-order valence-electron chi connectivity index (χ1n) is 17.3. The number of methoxy groups -OCH3 is 1. The largest absolute Gasteiger partial charge is 0.496 e. The Morgan fingerprint density at radius 1 is 0.887 bits per heavy atom. The lowest BCUT2D eigenvalue weighted by Gasteiger charge is -2.35. The third-order valence-electron chi connectivity index (χ3n) is 8.82. The number of unbranched alkanes of at least 4 members (excludes halogenated alkanes) is 2. The van der Waals surface area contributed by atoms with Crippen molar-refractivity contribution in [3.8, 4) is 11.5 Å². The number of piperazine rings is 1. The van der Waals surface area contributed by atoms with Crippen LogP contribution in [0.25, 0.3) is 11.0 Å². The fourth-order valence-corrected chi connectivity index (χ4v) is 5.99. The van der Waals surface area contributed by atoms with E-state index in [0.717, 1.165) is 53.7 Å². The summed E-state index contributed by atoms with van der Waals surface area (Å²) >= 11 is 0. The van der Waals surface area contributed by atoms with Gasteiger partial charge in [0.05, 0.1) is 45.2 Å². The van der Waals surface area contributed by atoms with Gasteiger partial charge in [0.15, 0.2) is 5.82 Å². The van der Waals surface area contributed by atoms with E-state index in [4.69, 9.17) is 15.2 Å². The third-order valence-corrected chi connectivity index (χ3v) is 8.82. The average Bonchev–Trinajstić information content (AvgIpc) is 3.56. The molecule has 4 aromatic rings. The lowest BCUT2D eigenvalue weighted by Crippen LogP contribution is -2.48. The number of hydrogen-bond donors (Lipinski definition) is 2. The summed E-state index contributed by atoms with van der Waals surface area (Å²) in [5.74, 6) is -12.7. The molecule has 1 amide bonds. The standard InChI is InChI=1S/C36H42F5N7O5/c1-3-4-5-11-43-35-33-24(44-36(42)45-35)8-12-48(33)21-23-7-6-22(19-25(23)51-2)20-46-13-15-47(16-14-46)26(49)9-17-52-18-10-27(50)53-34-31(40)29(38)28(37)30(39)32(34)41/h6-8,12,19H,3-5,9-11,13-18,20-21H2,1-2H3,(H3,42,43,44,45). The molecular weight excluding hydrogens is 705 g/mol. The molecule has 17 heteroatoms. The molecule has 3 heterocycles. The first-order valence-corrected chi connectivity index (χ1v) is 17.3. The summed E-state index contributed by atoms with van der Waals surface area (Å²) in [6, 6.07) is 8.05. The monoisotopic (exact) mass is 747 g/mol. The highest BCUT2D eigenvalue weighted by Crippen LogP contribution is 2.30. The molecule has 0 radical (unpaired) electrons. The molecule has 0 aliphatic carbocycles. The first-order chi connectivity index (χ1) is 25.5. The highest BCUT2D eigenvalue weighted by Gasteiger charge is 2.28. The number of nitrogens with one attached hydrogen (secondary N) is 1. The number of anilines is 2. The number of carbonyl (C=O) groups excluding carboxylic acids is 2. The molecule has 286 valence electrons. The normalized spacial score (nSPS) is 13.5. The Labute approximate surface area is 303 Å². The number of aromatic nitrogens is 3. The number of nitrogens with two attached hydrogens (primary N) is 1. The maximum Gasteiger partial charge on any atom is 0.313 e. The molecule has 1 fully saturated rings. The van der Waals surface area contributed by atoms with Crippen molar-refractivity contribution >= 4 is 34.7 Å². The van der Waals surface area contributed by atoms with E-state index in [1.165, 1.54) is 0 Å². The molecule has 53 heavy (non-hydrogen) atoms. The van der Waals surface area contributed by atoms with E-state index >= 15 is 0 Å². The molecule has 1 aliphatic heterocycles. The highest BCUT2D eigenvalue weighted by molar-refractivity contribution is 5.87. The smallest absolute Gasteiger partial charge is 0.313 e. The van der Waals surface area contributed by atoms with Crippen LogP contribution in [0.15, 0.2) is 30.5 Å². The second kappa shape index (κ2) is 18.1. The minimum Gasteiger partial charge on any atom is -0.496 e. The second-order valence-corrected chi connectivity index (χ2v) is 12.5. The molecule has 0 unspecified atom stereocenters. The van der Waals surface area contributed by atoms with E-state index in [1.807, 2.05) is 24.4 Å². The fourth-order valence-electron chi connectivity index (χ4n) is 5.99. The molecule has 3 N–H and O–H groups in total. The quantitative estimate of drug-likeness (QED) is 0.0360. The summed E-state index contributed by atoms with van der Waals surface area (Å²) in [4.78, 5) is 37.4. The number of fused-ring (bicyclic) bond motifs is 1. The van der Waals surface area contributed by atoms with E-state index in [0.29, 0.717) is 45.1 Å². The van der Waals surface area contributed by atoms with Gasteiger partial charge in [0.2, 0.25) is 46.7 Å². The van der Waals surface area contributed by atoms with Crippen molar-refractivity contribution < 1.29 is 45.8 Å². The van der Waals surface area contributed by atoms with Gasteiger partial charge in [0, 0.05) is 51.0 Å². The number of halogens is 5. The van der Waals surface area contributed by atoms with E-state index in [-0.39, 0.29) is 31.5 Å². The maximum absolute atomic E-state index is 13.7. The van der Waals surface area contributed by atoms with Crippen molar-refractivity contribution in [2.24, 2.45) is 0 Å². The summed E-state index contributed by atoms with van der Waals surface area (Å²) in [5, 5.41) is 3.42. The lowest BCUT2D eigenvalue weighted by atomic mass is 10.1. The molecule has 0 bridgehead atoms. The van der Waals surface area contributed by atoms with Gasteiger partial charge in [-0.05, 0) is 24.1 Å². The number of esters is 1. The minimum absolute atomic E-state index is 0.0257. The van der Waals surface area contributed by atoms with E-state index in [9.17, 15) is 31.5 Å². The molecule has 5 rings (SSSR count). The summed E-state index contributed by atoms with van der Waals surface area (Å²) in [6.45, 7) is 6.11. The van der Waals surface area contributed by atoms with E-state index < -0.39 is 47.2 Å². The number of nitrogens with zero attached hydrogens (tertiary/aromatic N) is 5. The Morgan fingerprint density at radius 2 is 1.58 bits per heavy atom. The Morgan fingerprint density at radius 3 is 2.28 bits per heavy atom. The van der Waals surface area contributed by atoms with Crippen molar-refractivity contribution in [3.05, 3.63) is 70.7 Å². The first kappa shape index (κ1) is 39.2. The van der Waals surface area contributed by atoms with Gasteiger partial charge in [-0.1, -0.05) is 31.9 Å². The molecule has 0 spiro atoms. The topological polar surface area (TPSA) is 137 Å². The minimum atomic E-state index is -2.36. The summed E-state index contributed by atoms with van der Waals surface area (Å²) in [6.07, 6.45) is 4.71. The van der Waals surface area contributed by atoms with Crippen molar-refractivity contribution in [2.45, 2.75) is 52.1 Å². The molecule has 2 aromatic carbocycles. The fraction of sp³-hybridized carbons (Fsp3) is 0.444. The van der Waals surface area contributed by atoms with Gasteiger partial charge >= 0.3 is 5.97 Å². The van der Waals surface area contributed by atoms with Crippen LogP contribution in [0.5, 0.6) is 11.5 Å². The van der Waals surface area contributed by atoms with Crippen LogP contribution in [-0.2, 0) is 27.4 Å². The third kappa shape index (κ3) is 9.70. The Hall–Kier alpha value is -5.03. The van der Waals surface area contributed by atoms with Crippen molar-refractivity contribution in [1.82, 2.24) is 24.3 Å². The van der Waals surface area contributed by atoms with Crippen LogP contribution in [-0.4, -0.2) is 89.3 Å². The predicted molar refractivity (Wildman–Crippen MR) is 186 cm³/mol. The zero-order valence-electron chi connectivity index (χ0n) is 29.5. The van der Waals surface area contributed by atoms with Gasteiger partial charge in [-0.3, -0.25) is 14.5 Å². The van der Waals surface area contributed by atoms with Crippen LogP contribution in [0.4, 0.5) is 33.7 Å². The van der Waals surface area contributed by atoms with E-state index in [2.05, 4.69) is 42.5 Å². The number of ether oxygens (including phenoxy) is 3. The van der Waals surface area contributed by atoms with Crippen LogP contribution >= 0.6 is 0 Å². The van der Waals surface area contributed by atoms with E-state index in [1.54, 1.807) is 12.0 Å². The number of carbonyl (C=O) groups is 2. The van der Waals surface area contributed by atoms with Crippen molar-refractivity contribution in [3.63, 3.8) is 0 Å². The number of nitrogen functional groups attached to an aromatic ring is 1. The molecular formula is C36H42F5N7O5. The number of amides is 1. The predicted octanol–water partition coefficient (Wildman–Crippen LogP) is 5.41. The molecule has 1 saturated heterocycles. The van der Waals surface area contributed by atoms with Gasteiger partial charge in [-0.25, -0.2) is 18.2 Å². The SMILES string of the molecule is CCCCCNc1nc(N)nc2ccn(Cc3ccc(CN4CCN(C(=O)CCOCCC(=O)Oc5c(F)c(F)c(F)c(F)c5F)CC4)cc3OC)c12. The van der Waals surface area contributed by atoms with Crippen molar-refractivity contribution in [2.75, 3.05) is 64.1 Å². The van der Waals surface area contributed by atoms with Crippen LogP contribution in [0.1, 0.15) is 50.2 Å². The average molecular weight is 748 g/mol. The van der Waals surface area contributed by atoms with Crippen LogP contribution in [0, 0.1) is 29.1 Å². The lowest BCUT2D eigenvalue weighted by molar-refractivity contribution is -0.136. The summed E-state index contributed by atoms with van der Waals surface area (Å²) in [5.41, 5.74) is 9.65. The molecule has 1 aliphatic rings. The van der Waals surface area contributed by atoms with Gasteiger partial charge in [0.1, 0.15) is 11.3 Å². The van der Waals surface area contributed by atoms with Gasteiger partial charge in [-0.2, -0.15) is 13.8 Å². The van der Waals surface area contributed by atoms with Crippen LogP contribution in [0.2, 0.25) is 0 Å². The second-order valence-electron chi connectivity index (χ2n) is 12.5. The summed E-state index contributed by atoms with van der Waals surface area (Å²) < 4.78 is 84.7. The summed E-state index contributed by atoms with van der Waals surface area (Å²) in [7, 11) is 1.64. The maximum atomic E-state index is 13.7. The molecule has 0 saturated carbocycles. The Bertz CT molecular complexity index is 1890. The molecule has 12 nitrogen and oxygen atoms in total. The van der Waals surface area contributed by atoms with Gasteiger partial charge in [-0.15, -0.1) is 0 Å². The zero-order chi connectivity index (χ0) is 38.1. The van der Waals surface area contributed by atoms with Gasteiger partial charge in [0.25, 0.3) is 0 Å². The number of hydrogen-bond acceptors (Lipinski definition) is 10. The Kier molecular flexibility index (Phi) is 13.4. The zero-order valence-corrected chi connectivity index (χ0v) is 29.5. The molecule has 2 aromatic heterocycles. The Balaban J connectivity index is 1.06. The number of rotatable bonds is 17. The molecule has 0 atom stereocenters.